The standard InChI is InChI=1S/C15H16N2O2/c1-10-5-3-4-6-14(10)17(2)11-7-8-13(16)12(9-11)15(18)19/h3-9H,16H2,1-2H3,(H,18,19). The number of carboxylic acid groups (broad SMARTS) is 1. The van der Waals surface area contributed by atoms with Crippen LogP contribution in [0.15, 0.2) is 42.5 Å². The molecule has 0 radical (unpaired) electrons. The number of anilines is 3. The summed E-state index contributed by atoms with van der Waals surface area (Å²) in [4.78, 5) is 13.0. The first kappa shape index (κ1) is 13.0. The van der Waals surface area contributed by atoms with E-state index < -0.39 is 5.97 Å². The Kier molecular flexibility index (Phi) is 3.42. The molecule has 0 heterocycles. The number of para-hydroxylation sites is 1. The number of hydrogen-bond donors (Lipinski definition) is 2. The highest BCUT2D eigenvalue weighted by atomic mass is 16.4. The molecule has 4 nitrogen and oxygen atoms in total. The molecule has 0 unspecified atom stereocenters. The number of nitrogen functional groups attached to an aromatic ring is 1. The molecule has 2 aromatic rings. The number of nitrogens with zero attached hydrogens (tertiary/aromatic N) is 1. The van der Waals surface area contributed by atoms with Gasteiger partial charge >= 0.3 is 5.97 Å². The molecule has 0 aliphatic carbocycles. The third-order valence-corrected chi connectivity index (χ3v) is 3.13. The quantitative estimate of drug-likeness (QED) is 0.828. The van der Waals surface area contributed by atoms with Gasteiger partial charge in [-0.1, -0.05) is 18.2 Å². The van der Waals surface area contributed by atoms with E-state index in [1.165, 1.54) is 0 Å². The summed E-state index contributed by atoms with van der Waals surface area (Å²) >= 11 is 0. The molecule has 98 valence electrons. The second-order valence-corrected chi connectivity index (χ2v) is 4.42. The van der Waals surface area contributed by atoms with E-state index in [1.807, 2.05) is 49.2 Å². The van der Waals surface area contributed by atoms with Crippen LogP contribution >= 0.6 is 0 Å². The number of benzene rings is 2. The fraction of sp³-hybridized carbons (Fsp3) is 0.133. The Labute approximate surface area is 112 Å². The molecule has 0 fully saturated rings. The summed E-state index contributed by atoms with van der Waals surface area (Å²) in [5.41, 5.74) is 9.00. The summed E-state index contributed by atoms with van der Waals surface area (Å²) in [7, 11) is 1.90. The highest BCUT2D eigenvalue weighted by Crippen LogP contribution is 2.28. The average Bonchev–Trinajstić information content (AvgIpc) is 2.38. The molecule has 2 rings (SSSR count). The molecule has 0 atom stereocenters. The van der Waals surface area contributed by atoms with Crippen molar-refractivity contribution >= 4 is 23.0 Å². The Balaban J connectivity index is 2.45. The summed E-state index contributed by atoms with van der Waals surface area (Å²) in [6.45, 7) is 2.02. The van der Waals surface area contributed by atoms with Gasteiger partial charge in [0.05, 0.1) is 5.56 Å². The zero-order valence-corrected chi connectivity index (χ0v) is 10.9. The molecule has 19 heavy (non-hydrogen) atoms. The third-order valence-electron chi connectivity index (χ3n) is 3.13. The van der Waals surface area contributed by atoms with E-state index in [0.29, 0.717) is 0 Å². The van der Waals surface area contributed by atoms with E-state index in [2.05, 4.69) is 0 Å². The van der Waals surface area contributed by atoms with Crippen LogP contribution in [-0.4, -0.2) is 18.1 Å². The van der Waals surface area contributed by atoms with Gasteiger partial charge in [0, 0.05) is 24.1 Å². The fourth-order valence-electron chi connectivity index (χ4n) is 2.02. The monoisotopic (exact) mass is 256 g/mol. The largest absolute Gasteiger partial charge is 0.478 e. The van der Waals surface area contributed by atoms with Crippen LogP contribution in [0.3, 0.4) is 0 Å². The first-order valence-corrected chi connectivity index (χ1v) is 5.93. The molecule has 2 aromatic carbocycles. The Bertz CT molecular complexity index is 623. The van der Waals surface area contributed by atoms with Crippen LogP contribution in [0.25, 0.3) is 0 Å². The lowest BCUT2D eigenvalue weighted by Gasteiger charge is -2.22. The second-order valence-electron chi connectivity index (χ2n) is 4.42. The molecule has 0 aliphatic heterocycles. The van der Waals surface area contributed by atoms with Crippen molar-refractivity contribution in [2.75, 3.05) is 17.7 Å². The molecule has 0 amide bonds. The topological polar surface area (TPSA) is 66.6 Å². The molecule has 0 aromatic heterocycles. The highest BCUT2D eigenvalue weighted by molar-refractivity contribution is 5.95. The van der Waals surface area contributed by atoms with Crippen LogP contribution in [0.5, 0.6) is 0 Å². The predicted octanol–water partition coefficient (Wildman–Crippen LogP) is 3.04. The van der Waals surface area contributed by atoms with Gasteiger partial charge in [0.2, 0.25) is 0 Å². The summed E-state index contributed by atoms with van der Waals surface area (Å²) in [5, 5.41) is 9.10. The van der Waals surface area contributed by atoms with Gasteiger partial charge in [-0.15, -0.1) is 0 Å². The van der Waals surface area contributed by atoms with E-state index in [0.717, 1.165) is 16.9 Å². The summed E-state index contributed by atoms with van der Waals surface area (Å²) < 4.78 is 0. The van der Waals surface area contributed by atoms with Gasteiger partial charge in [-0.2, -0.15) is 0 Å². The first-order valence-electron chi connectivity index (χ1n) is 5.93. The molecule has 0 aliphatic rings. The van der Waals surface area contributed by atoms with Crippen LogP contribution in [0.4, 0.5) is 17.1 Å². The Morgan fingerprint density at radius 3 is 2.53 bits per heavy atom. The summed E-state index contributed by atoms with van der Waals surface area (Å²) in [5.74, 6) is -1.02. The third kappa shape index (κ3) is 2.52. The van der Waals surface area contributed by atoms with Crippen molar-refractivity contribution < 1.29 is 9.90 Å². The molecular formula is C15H16N2O2. The molecule has 3 N–H and O–H groups in total. The van der Waals surface area contributed by atoms with Gasteiger partial charge in [-0.25, -0.2) is 4.79 Å². The number of carboxylic acids is 1. The van der Waals surface area contributed by atoms with Crippen LogP contribution < -0.4 is 10.6 Å². The minimum absolute atomic E-state index is 0.123. The number of aryl methyl sites for hydroxylation is 1. The number of carbonyl (C=O) groups is 1. The van der Waals surface area contributed by atoms with E-state index >= 15 is 0 Å². The minimum atomic E-state index is -1.02. The van der Waals surface area contributed by atoms with E-state index in [1.54, 1.807) is 12.1 Å². The zero-order chi connectivity index (χ0) is 14.0. The molecular weight excluding hydrogens is 240 g/mol. The Morgan fingerprint density at radius 2 is 1.89 bits per heavy atom. The number of rotatable bonds is 3. The van der Waals surface area contributed by atoms with Crippen molar-refractivity contribution in [3.8, 4) is 0 Å². The lowest BCUT2D eigenvalue weighted by atomic mass is 10.1. The smallest absolute Gasteiger partial charge is 0.337 e. The number of hydrogen-bond acceptors (Lipinski definition) is 3. The number of nitrogens with two attached hydrogens (primary N) is 1. The number of aromatic carboxylic acids is 1. The van der Waals surface area contributed by atoms with Crippen LogP contribution in [0.2, 0.25) is 0 Å². The zero-order valence-electron chi connectivity index (χ0n) is 10.9. The van der Waals surface area contributed by atoms with Crippen molar-refractivity contribution in [3.63, 3.8) is 0 Å². The van der Waals surface area contributed by atoms with Gasteiger partial charge in [0.1, 0.15) is 0 Å². The summed E-state index contributed by atoms with van der Waals surface area (Å²) in [6, 6.07) is 13.0. The van der Waals surface area contributed by atoms with Crippen molar-refractivity contribution in [1.82, 2.24) is 0 Å². The van der Waals surface area contributed by atoms with Gasteiger partial charge in [0.25, 0.3) is 0 Å². The maximum Gasteiger partial charge on any atom is 0.337 e. The highest BCUT2D eigenvalue weighted by Gasteiger charge is 2.12. The normalized spacial score (nSPS) is 10.2. The Hall–Kier alpha value is -2.49. The lowest BCUT2D eigenvalue weighted by molar-refractivity contribution is 0.0698. The van der Waals surface area contributed by atoms with Crippen LogP contribution in [0.1, 0.15) is 15.9 Å². The first-order chi connectivity index (χ1) is 9.00. The maximum atomic E-state index is 11.1. The minimum Gasteiger partial charge on any atom is -0.478 e. The maximum absolute atomic E-state index is 11.1. The second kappa shape index (κ2) is 5.02. The average molecular weight is 256 g/mol. The van der Waals surface area contributed by atoms with Gasteiger partial charge in [0.15, 0.2) is 0 Å². The van der Waals surface area contributed by atoms with Crippen LogP contribution in [0, 0.1) is 6.92 Å². The van der Waals surface area contributed by atoms with Gasteiger partial charge < -0.3 is 15.7 Å². The van der Waals surface area contributed by atoms with E-state index in [9.17, 15) is 4.79 Å². The van der Waals surface area contributed by atoms with E-state index in [-0.39, 0.29) is 11.3 Å². The lowest BCUT2D eigenvalue weighted by Crippen LogP contribution is -2.12. The van der Waals surface area contributed by atoms with Crippen molar-refractivity contribution in [3.05, 3.63) is 53.6 Å². The van der Waals surface area contributed by atoms with E-state index in [4.69, 9.17) is 10.8 Å². The molecule has 0 saturated carbocycles. The van der Waals surface area contributed by atoms with Crippen molar-refractivity contribution in [2.45, 2.75) is 6.92 Å². The van der Waals surface area contributed by atoms with Gasteiger partial charge in [-0.3, -0.25) is 0 Å². The Morgan fingerprint density at radius 1 is 1.21 bits per heavy atom. The molecule has 4 heteroatoms. The van der Waals surface area contributed by atoms with Crippen LogP contribution in [-0.2, 0) is 0 Å². The fourth-order valence-corrected chi connectivity index (χ4v) is 2.02. The SMILES string of the molecule is Cc1ccccc1N(C)c1ccc(N)c(C(=O)O)c1. The predicted molar refractivity (Wildman–Crippen MR) is 77.1 cm³/mol. The van der Waals surface area contributed by atoms with Crippen molar-refractivity contribution in [1.29, 1.82) is 0 Å². The van der Waals surface area contributed by atoms with Crippen molar-refractivity contribution in [2.24, 2.45) is 0 Å². The molecule has 0 spiro atoms. The molecule has 0 saturated heterocycles. The van der Waals surface area contributed by atoms with Gasteiger partial charge in [-0.05, 0) is 36.8 Å². The summed E-state index contributed by atoms with van der Waals surface area (Å²) in [6.07, 6.45) is 0. The molecule has 0 bridgehead atoms.